The fourth-order valence-electron chi connectivity index (χ4n) is 3.00. The minimum atomic E-state index is 0.235. The van der Waals surface area contributed by atoms with Crippen LogP contribution in [0.25, 0.3) is 10.4 Å². The van der Waals surface area contributed by atoms with Crippen LogP contribution in [0.4, 0.5) is 0 Å². The second kappa shape index (κ2) is 7.10. The lowest BCUT2D eigenvalue weighted by Gasteiger charge is -2.39. The van der Waals surface area contributed by atoms with Crippen LogP contribution in [0.2, 0.25) is 0 Å². The highest BCUT2D eigenvalue weighted by Gasteiger charge is 2.28. The zero-order valence-corrected chi connectivity index (χ0v) is 14.6. The highest BCUT2D eigenvalue weighted by atomic mass is 32.1. The van der Waals surface area contributed by atoms with E-state index >= 15 is 0 Å². The van der Waals surface area contributed by atoms with E-state index in [0.29, 0.717) is 5.56 Å². The first kappa shape index (κ1) is 15.9. The first-order valence-electron chi connectivity index (χ1n) is 8.32. The van der Waals surface area contributed by atoms with E-state index in [9.17, 15) is 0 Å². The molecule has 2 aromatic carbocycles. The average molecular weight is 346 g/mol. The van der Waals surface area contributed by atoms with Gasteiger partial charge in [-0.15, -0.1) is 11.3 Å². The second-order valence-corrected chi connectivity index (χ2v) is 7.19. The summed E-state index contributed by atoms with van der Waals surface area (Å²) in [4.78, 5) is 3.69. The second-order valence-electron chi connectivity index (χ2n) is 6.24. The maximum absolute atomic E-state index is 8.82. The maximum atomic E-state index is 8.82. The van der Waals surface area contributed by atoms with Crippen molar-refractivity contribution in [3.05, 3.63) is 77.2 Å². The van der Waals surface area contributed by atoms with E-state index in [1.54, 1.807) is 23.5 Å². The van der Waals surface area contributed by atoms with Gasteiger partial charge in [0.25, 0.3) is 0 Å². The lowest BCUT2D eigenvalue weighted by atomic mass is 10.1. The van der Waals surface area contributed by atoms with Gasteiger partial charge >= 0.3 is 0 Å². The highest BCUT2D eigenvalue weighted by Crippen LogP contribution is 2.26. The molecule has 1 aromatic heterocycles. The number of likely N-dealkylation sites (tertiary alicyclic amines) is 1. The number of hydrogen-bond donors (Lipinski definition) is 0. The molecule has 25 heavy (non-hydrogen) atoms. The van der Waals surface area contributed by atoms with E-state index in [-0.39, 0.29) is 6.10 Å². The molecule has 1 aliphatic rings. The van der Waals surface area contributed by atoms with Gasteiger partial charge in [-0.05, 0) is 46.8 Å². The van der Waals surface area contributed by atoms with Crippen LogP contribution in [0, 0.1) is 11.3 Å². The van der Waals surface area contributed by atoms with Gasteiger partial charge in [-0.2, -0.15) is 5.26 Å². The van der Waals surface area contributed by atoms with E-state index < -0.39 is 0 Å². The van der Waals surface area contributed by atoms with Crippen LogP contribution in [0.5, 0.6) is 5.75 Å². The third kappa shape index (κ3) is 3.74. The number of nitriles is 1. The molecule has 1 aliphatic heterocycles. The van der Waals surface area contributed by atoms with Crippen LogP contribution in [-0.2, 0) is 6.54 Å². The zero-order chi connectivity index (χ0) is 17.1. The molecule has 4 rings (SSSR count). The summed E-state index contributed by atoms with van der Waals surface area (Å²) in [5, 5.41) is 10.9. The smallest absolute Gasteiger partial charge is 0.124 e. The molecule has 1 fully saturated rings. The quantitative estimate of drug-likeness (QED) is 0.680. The Hall–Kier alpha value is -2.61. The lowest BCUT2D eigenvalue weighted by Crippen LogP contribution is -2.53. The molecule has 3 nitrogen and oxygen atoms in total. The zero-order valence-electron chi connectivity index (χ0n) is 13.8. The monoisotopic (exact) mass is 346 g/mol. The summed E-state index contributed by atoms with van der Waals surface area (Å²) in [7, 11) is 0. The summed E-state index contributed by atoms with van der Waals surface area (Å²) in [6.45, 7) is 2.83. The summed E-state index contributed by atoms with van der Waals surface area (Å²) in [6.07, 6.45) is 0.235. The van der Waals surface area contributed by atoms with Crippen LogP contribution >= 0.6 is 11.3 Å². The highest BCUT2D eigenvalue weighted by molar-refractivity contribution is 7.13. The first-order chi connectivity index (χ1) is 12.3. The topological polar surface area (TPSA) is 36.3 Å². The van der Waals surface area contributed by atoms with Gasteiger partial charge in [0.1, 0.15) is 11.9 Å². The van der Waals surface area contributed by atoms with Gasteiger partial charge in [0.2, 0.25) is 0 Å². The molecule has 3 aromatic rings. The molecule has 0 unspecified atom stereocenters. The molecule has 1 saturated heterocycles. The molecular formula is C21H18N2OS. The number of benzene rings is 2. The Morgan fingerprint density at radius 3 is 2.44 bits per heavy atom. The molecule has 124 valence electrons. The van der Waals surface area contributed by atoms with Crippen LogP contribution in [0.1, 0.15) is 11.1 Å². The van der Waals surface area contributed by atoms with E-state index in [1.165, 1.54) is 16.0 Å². The summed E-state index contributed by atoms with van der Waals surface area (Å²) < 4.78 is 5.94. The van der Waals surface area contributed by atoms with Crippen molar-refractivity contribution in [1.29, 1.82) is 5.26 Å². The molecule has 4 heteroatoms. The Kier molecular flexibility index (Phi) is 4.51. The van der Waals surface area contributed by atoms with Crippen molar-refractivity contribution < 1.29 is 4.74 Å². The Labute approximate surface area is 151 Å². The van der Waals surface area contributed by atoms with Crippen molar-refractivity contribution in [2.75, 3.05) is 13.1 Å². The minimum absolute atomic E-state index is 0.235. The molecule has 0 N–H and O–H groups in total. The van der Waals surface area contributed by atoms with Crippen molar-refractivity contribution in [2.45, 2.75) is 12.6 Å². The van der Waals surface area contributed by atoms with Crippen LogP contribution in [0.3, 0.4) is 0 Å². The Morgan fingerprint density at radius 1 is 1.04 bits per heavy atom. The molecule has 0 saturated carbocycles. The largest absolute Gasteiger partial charge is 0.488 e. The average Bonchev–Trinajstić information content (AvgIpc) is 3.16. The standard InChI is InChI=1S/C21H18N2OS/c22-12-16-5-9-19(10-6-16)24-20-14-23(15-20)13-17-3-7-18(8-4-17)21-2-1-11-25-21/h1-11,20H,13-15H2. The van der Waals surface area contributed by atoms with E-state index in [1.807, 2.05) is 12.1 Å². The van der Waals surface area contributed by atoms with Crippen molar-refractivity contribution >= 4 is 11.3 Å². The molecule has 0 atom stereocenters. The van der Waals surface area contributed by atoms with E-state index in [0.717, 1.165) is 25.4 Å². The van der Waals surface area contributed by atoms with Gasteiger partial charge in [-0.1, -0.05) is 30.3 Å². The summed E-state index contributed by atoms with van der Waals surface area (Å²) in [6, 6.07) is 22.5. The molecule has 0 radical (unpaired) electrons. The van der Waals surface area contributed by atoms with Gasteiger partial charge in [-0.3, -0.25) is 4.90 Å². The van der Waals surface area contributed by atoms with E-state index in [2.05, 4.69) is 52.7 Å². The van der Waals surface area contributed by atoms with E-state index in [4.69, 9.17) is 10.00 Å². The number of thiophene rings is 1. The molecule has 0 spiro atoms. The molecule has 0 aliphatic carbocycles. The molecular weight excluding hydrogens is 328 g/mol. The van der Waals surface area contributed by atoms with Crippen molar-refractivity contribution in [1.82, 2.24) is 4.90 Å². The van der Waals surface area contributed by atoms with Crippen LogP contribution in [-0.4, -0.2) is 24.1 Å². The summed E-state index contributed by atoms with van der Waals surface area (Å²) in [5.74, 6) is 0.837. The lowest BCUT2D eigenvalue weighted by molar-refractivity contribution is 0.0146. The van der Waals surface area contributed by atoms with Crippen molar-refractivity contribution in [2.24, 2.45) is 0 Å². The number of hydrogen-bond acceptors (Lipinski definition) is 4. The van der Waals surface area contributed by atoms with Gasteiger partial charge in [0.05, 0.1) is 11.6 Å². The van der Waals surface area contributed by atoms with Crippen molar-refractivity contribution in [3.63, 3.8) is 0 Å². The minimum Gasteiger partial charge on any atom is -0.488 e. The predicted molar refractivity (Wildman–Crippen MR) is 101 cm³/mol. The third-order valence-corrected chi connectivity index (χ3v) is 5.29. The normalized spacial score (nSPS) is 14.7. The number of rotatable bonds is 5. The summed E-state index contributed by atoms with van der Waals surface area (Å²) in [5.41, 5.74) is 3.27. The SMILES string of the molecule is N#Cc1ccc(OC2CN(Cc3ccc(-c4cccs4)cc3)C2)cc1. The number of ether oxygens (including phenoxy) is 1. The maximum Gasteiger partial charge on any atom is 0.124 e. The Bertz CT molecular complexity index is 858. The predicted octanol–water partition coefficient (Wildman–Crippen LogP) is 4.55. The Balaban J connectivity index is 1.27. The third-order valence-electron chi connectivity index (χ3n) is 4.38. The molecule has 0 amide bonds. The van der Waals surface area contributed by atoms with Crippen LogP contribution in [0.15, 0.2) is 66.0 Å². The fraction of sp³-hybridized carbons (Fsp3) is 0.190. The summed E-state index contributed by atoms with van der Waals surface area (Å²) >= 11 is 1.77. The van der Waals surface area contributed by atoms with Crippen LogP contribution < -0.4 is 4.74 Å². The molecule has 2 heterocycles. The Morgan fingerprint density at radius 2 is 1.80 bits per heavy atom. The van der Waals surface area contributed by atoms with Crippen molar-refractivity contribution in [3.8, 4) is 22.3 Å². The van der Waals surface area contributed by atoms with Gasteiger partial charge in [0.15, 0.2) is 0 Å². The first-order valence-corrected chi connectivity index (χ1v) is 9.20. The number of nitrogens with zero attached hydrogens (tertiary/aromatic N) is 2. The van der Waals surface area contributed by atoms with Gasteiger partial charge < -0.3 is 4.74 Å². The van der Waals surface area contributed by atoms with Gasteiger partial charge in [0, 0.05) is 24.5 Å². The van der Waals surface area contributed by atoms with Gasteiger partial charge in [-0.25, -0.2) is 0 Å². The fourth-order valence-corrected chi connectivity index (χ4v) is 3.74. The molecule has 0 bridgehead atoms.